The monoisotopic (exact) mass is 272 g/mol. The number of hydrogen-bond donors (Lipinski definition) is 2. The topological polar surface area (TPSA) is 97.8 Å². The standard InChI is InChI=1S/C10H9ClN2O5/c11-7-6(9(14)15)1-2-12-8(7)17-4-5-3-13-10(16)18-5/h1-2,5H,3-4H2,(H,13,16)(H,14,15). The number of halogens is 1. The van der Waals surface area contributed by atoms with E-state index in [0.717, 1.165) is 0 Å². The molecular weight excluding hydrogens is 264 g/mol. The van der Waals surface area contributed by atoms with Gasteiger partial charge in [-0.2, -0.15) is 0 Å². The summed E-state index contributed by atoms with van der Waals surface area (Å²) in [5.74, 6) is -1.17. The van der Waals surface area contributed by atoms with Gasteiger partial charge in [0.1, 0.15) is 11.6 Å². The molecule has 0 spiro atoms. The first kappa shape index (κ1) is 12.4. The third kappa shape index (κ3) is 2.62. The van der Waals surface area contributed by atoms with Gasteiger partial charge in [0.15, 0.2) is 6.10 Å². The first-order chi connectivity index (χ1) is 8.58. The quantitative estimate of drug-likeness (QED) is 0.846. The lowest BCUT2D eigenvalue weighted by atomic mass is 10.3. The Morgan fingerprint density at radius 1 is 1.72 bits per heavy atom. The molecule has 0 aromatic carbocycles. The van der Waals surface area contributed by atoms with Gasteiger partial charge in [-0.05, 0) is 6.07 Å². The maximum Gasteiger partial charge on any atom is 0.407 e. The molecule has 0 aliphatic carbocycles. The maximum absolute atomic E-state index is 10.8. The molecule has 8 heteroatoms. The SMILES string of the molecule is O=C1NCC(COc2nccc(C(=O)O)c2Cl)O1. The van der Waals surface area contributed by atoms with Crippen LogP contribution in [0.3, 0.4) is 0 Å². The number of nitrogens with one attached hydrogen (secondary N) is 1. The number of ether oxygens (including phenoxy) is 2. The molecule has 2 rings (SSSR count). The second-order valence-electron chi connectivity index (χ2n) is 3.50. The molecule has 7 nitrogen and oxygen atoms in total. The molecule has 2 N–H and O–H groups in total. The number of hydrogen-bond acceptors (Lipinski definition) is 5. The lowest BCUT2D eigenvalue weighted by Crippen LogP contribution is -2.22. The average molecular weight is 273 g/mol. The van der Waals surface area contributed by atoms with Crippen molar-refractivity contribution in [3.63, 3.8) is 0 Å². The molecule has 2 heterocycles. The molecule has 1 amide bonds. The van der Waals surface area contributed by atoms with Crippen LogP contribution in [0.1, 0.15) is 10.4 Å². The summed E-state index contributed by atoms with van der Waals surface area (Å²) in [6.07, 6.45) is 0.328. The normalized spacial score (nSPS) is 18.1. The first-order valence-electron chi connectivity index (χ1n) is 5.03. The third-order valence-electron chi connectivity index (χ3n) is 2.24. The Morgan fingerprint density at radius 3 is 3.11 bits per heavy atom. The van der Waals surface area contributed by atoms with E-state index in [1.54, 1.807) is 0 Å². The van der Waals surface area contributed by atoms with E-state index >= 15 is 0 Å². The predicted octanol–water partition coefficient (Wildman–Crippen LogP) is 0.920. The van der Waals surface area contributed by atoms with Gasteiger partial charge in [0.2, 0.25) is 5.88 Å². The fourth-order valence-electron chi connectivity index (χ4n) is 1.39. The molecular formula is C10H9ClN2O5. The molecule has 96 valence electrons. The number of aromatic carboxylic acids is 1. The fraction of sp³-hybridized carbons (Fsp3) is 0.300. The molecule has 1 aromatic rings. The van der Waals surface area contributed by atoms with Crippen LogP contribution >= 0.6 is 11.6 Å². The van der Waals surface area contributed by atoms with Crippen molar-refractivity contribution in [1.29, 1.82) is 0 Å². The van der Waals surface area contributed by atoms with Crippen molar-refractivity contribution in [2.75, 3.05) is 13.2 Å². The van der Waals surface area contributed by atoms with Gasteiger partial charge < -0.3 is 19.9 Å². The number of carbonyl (C=O) groups excluding carboxylic acids is 1. The molecule has 0 bridgehead atoms. The Hall–Kier alpha value is -2.02. The highest BCUT2D eigenvalue weighted by Gasteiger charge is 2.24. The van der Waals surface area contributed by atoms with Crippen molar-refractivity contribution >= 4 is 23.7 Å². The van der Waals surface area contributed by atoms with Gasteiger partial charge in [-0.15, -0.1) is 0 Å². The van der Waals surface area contributed by atoms with Crippen molar-refractivity contribution in [3.8, 4) is 5.88 Å². The first-order valence-corrected chi connectivity index (χ1v) is 5.41. The lowest BCUT2D eigenvalue weighted by molar-refractivity contribution is 0.0696. The van der Waals surface area contributed by atoms with Crippen LogP contribution in [-0.2, 0) is 4.74 Å². The van der Waals surface area contributed by atoms with E-state index in [9.17, 15) is 9.59 Å². The van der Waals surface area contributed by atoms with Crippen LogP contribution in [0.15, 0.2) is 12.3 Å². The summed E-state index contributed by atoms with van der Waals surface area (Å²) in [6.45, 7) is 0.379. The van der Waals surface area contributed by atoms with Crippen molar-refractivity contribution in [2.24, 2.45) is 0 Å². The van der Waals surface area contributed by atoms with E-state index < -0.39 is 18.2 Å². The van der Waals surface area contributed by atoms with Gasteiger partial charge in [0.25, 0.3) is 0 Å². The zero-order chi connectivity index (χ0) is 13.1. The number of carboxylic acid groups (broad SMARTS) is 1. The summed E-state index contributed by atoms with van der Waals surface area (Å²) in [4.78, 5) is 25.4. The van der Waals surface area contributed by atoms with Crippen LogP contribution < -0.4 is 10.1 Å². The Kier molecular flexibility index (Phi) is 3.52. The number of alkyl carbamates (subject to hydrolysis) is 1. The second kappa shape index (κ2) is 5.09. The molecule has 1 aliphatic rings. The summed E-state index contributed by atoms with van der Waals surface area (Å²) in [7, 11) is 0. The summed E-state index contributed by atoms with van der Waals surface area (Å²) in [6, 6.07) is 1.27. The third-order valence-corrected chi connectivity index (χ3v) is 2.61. The van der Waals surface area contributed by atoms with Gasteiger partial charge in [0.05, 0.1) is 12.1 Å². The van der Waals surface area contributed by atoms with Crippen LogP contribution in [0, 0.1) is 0 Å². The number of carboxylic acids is 1. The smallest absolute Gasteiger partial charge is 0.407 e. The highest BCUT2D eigenvalue weighted by atomic mass is 35.5. The zero-order valence-corrected chi connectivity index (χ0v) is 9.81. The minimum absolute atomic E-state index is 0.000448. The lowest BCUT2D eigenvalue weighted by Gasteiger charge is -2.11. The van der Waals surface area contributed by atoms with Crippen molar-refractivity contribution < 1.29 is 24.2 Å². The Labute approximate surface area is 107 Å². The number of pyridine rings is 1. The Bertz CT molecular complexity index is 493. The van der Waals surface area contributed by atoms with Crippen LogP contribution in [0.4, 0.5) is 4.79 Å². The summed E-state index contributed by atoms with van der Waals surface area (Å²) in [5, 5.41) is 11.2. The van der Waals surface area contributed by atoms with Gasteiger partial charge in [-0.3, -0.25) is 0 Å². The second-order valence-corrected chi connectivity index (χ2v) is 3.88. The molecule has 18 heavy (non-hydrogen) atoms. The summed E-state index contributed by atoms with van der Waals surface area (Å²) in [5.41, 5.74) is -0.0943. The van der Waals surface area contributed by atoms with Gasteiger partial charge >= 0.3 is 12.1 Å². The van der Waals surface area contributed by atoms with E-state index in [-0.39, 0.29) is 23.1 Å². The zero-order valence-electron chi connectivity index (χ0n) is 9.05. The Balaban J connectivity index is 2.03. The number of rotatable bonds is 4. The van der Waals surface area contributed by atoms with Crippen LogP contribution in [-0.4, -0.2) is 41.4 Å². The molecule has 1 unspecified atom stereocenters. The van der Waals surface area contributed by atoms with Gasteiger partial charge in [-0.1, -0.05) is 11.6 Å². The van der Waals surface area contributed by atoms with Crippen molar-refractivity contribution in [3.05, 3.63) is 22.8 Å². The van der Waals surface area contributed by atoms with Crippen molar-refractivity contribution in [1.82, 2.24) is 10.3 Å². The van der Waals surface area contributed by atoms with Gasteiger partial charge in [-0.25, -0.2) is 14.6 Å². The van der Waals surface area contributed by atoms with E-state index in [1.807, 2.05) is 0 Å². The molecule has 1 saturated heterocycles. The van der Waals surface area contributed by atoms with E-state index in [0.29, 0.717) is 6.54 Å². The highest BCUT2D eigenvalue weighted by Crippen LogP contribution is 2.25. The molecule has 1 fully saturated rings. The minimum Gasteiger partial charge on any atom is -0.478 e. The van der Waals surface area contributed by atoms with E-state index in [2.05, 4.69) is 10.3 Å². The molecule has 1 aromatic heterocycles. The maximum atomic E-state index is 10.8. The van der Waals surface area contributed by atoms with Crippen LogP contribution in [0.5, 0.6) is 5.88 Å². The molecule has 0 saturated carbocycles. The van der Waals surface area contributed by atoms with Gasteiger partial charge in [0, 0.05) is 6.20 Å². The molecule has 1 aliphatic heterocycles. The van der Waals surface area contributed by atoms with Crippen molar-refractivity contribution in [2.45, 2.75) is 6.10 Å². The van der Waals surface area contributed by atoms with E-state index in [1.165, 1.54) is 12.3 Å². The van der Waals surface area contributed by atoms with Crippen LogP contribution in [0.2, 0.25) is 5.02 Å². The average Bonchev–Trinajstić information content (AvgIpc) is 2.73. The predicted molar refractivity (Wildman–Crippen MR) is 60.0 cm³/mol. The number of cyclic esters (lactones) is 1. The highest BCUT2D eigenvalue weighted by molar-refractivity contribution is 6.34. The van der Waals surface area contributed by atoms with E-state index in [4.69, 9.17) is 26.2 Å². The van der Waals surface area contributed by atoms with Crippen LogP contribution in [0.25, 0.3) is 0 Å². The molecule has 1 atom stereocenters. The summed E-state index contributed by atoms with van der Waals surface area (Å²) >= 11 is 5.83. The number of amides is 1. The fourth-order valence-corrected chi connectivity index (χ4v) is 1.63. The summed E-state index contributed by atoms with van der Waals surface area (Å²) < 4.78 is 10.1. The Morgan fingerprint density at radius 2 is 2.50 bits per heavy atom. The number of carbonyl (C=O) groups is 2. The largest absolute Gasteiger partial charge is 0.478 e. The number of aromatic nitrogens is 1. The molecule has 0 radical (unpaired) electrons. The number of nitrogens with zero attached hydrogens (tertiary/aromatic N) is 1. The minimum atomic E-state index is -1.17.